The van der Waals surface area contributed by atoms with Gasteiger partial charge < -0.3 is 14.5 Å². The summed E-state index contributed by atoms with van der Waals surface area (Å²) in [5, 5.41) is 0. The monoisotopic (exact) mass is 443 g/mol. The van der Waals surface area contributed by atoms with Crippen LogP contribution in [-0.2, 0) is 22.4 Å². The van der Waals surface area contributed by atoms with Gasteiger partial charge in [-0.2, -0.15) is 0 Å². The fraction of sp³-hybridized carbons (Fsp3) is 0.296. The first-order chi connectivity index (χ1) is 16.1. The van der Waals surface area contributed by atoms with E-state index in [2.05, 4.69) is 4.98 Å². The minimum absolute atomic E-state index is 0.00724. The lowest BCUT2D eigenvalue weighted by molar-refractivity contribution is -0.150. The quantitative estimate of drug-likeness (QED) is 0.560. The van der Waals surface area contributed by atoms with Crippen LogP contribution in [0, 0.1) is 0 Å². The van der Waals surface area contributed by atoms with Crippen molar-refractivity contribution in [3.8, 4) is 16.9 Å². The SMILES string of the molecule is CCN1CCN(C(=O)Cc2ccc(OC)cc2)[C@H](Cc2ccccc2-c2cccnc2)C1=O. The number of piperazine rings is 1. The van der Waals surface area contributed by atoms with Crippen LogP contribution in [0.4, 0.5) is 0 Å². The first-order valence-corrected chi connectivity index (χ1v) is 11.3. The average molecular weight is 444 g/mol. The minimum Gasteiger partial charge on any atom is -0.497 e. The number of aromatic nitrogens is 1. The molecule has 0 unspecified atom stereocenters. The Morgan fingerprint density at radius 1 is 1.06 bits per heavy atom. The summed E-state index contributed by atoms with van der Waals surface area (Å²) >= 11 is 0. The van der Waals surface area contributed by atoms with Crippen molar-refractivity contribution < 1.29 is 14.3 Å². The van der Waals surface area contributed by atoms with Crippen LogP contribution < -0.4 is 4.74 Å². The molecule has 170 valence electrons. The molecule has 1 aliphatic heterocycles. The molecule has 1 atom stereocenters. The highest BCUT2D eigenvalue weighted by Gasteiger charge is 2.37. The Bertz CT molecular complexity index is 1100. The van der Waals surface area contributed by atoms with Crippen molar-refractivity contribution in [2.75, 3.05) is 26.7 Å². The topological polar surface area (TPSA) is 62.7 Å². The summed E-state index contributed by atoms with van der Waals surface area (Å²) in [5.41, 5.74) is 3.97. The lowest BCUT2D eigenvalue weighted by atomic mass is 9.93. The van der Waals surface area contributed by atoms with Crippen molar-refractivity contribution in [2.45, 2.75) is 25.8 Å². The molecule has 2 amide bonds. The van der Waals surface area contributed by atoms with Crippen LogP contribution in [0.5, 0.6) is 5.75 Å². The molecule has 2 aromatic carbocycles. The van der Waals surface area contributed by atoms with E-state index in [0.717, 1.165) is 28.0 Å². The molecule has 0 bridgehead atoms. The summed E-state index contributed by atoms with van der Waals surface area (Å²) in [5.74, 6) is 0.726. The highest BCUT2D eigenvalue weighted by atomic mass is 16.5. The molecule has 0 saturated carbocycles. The first kappa shape index (κ1) is 22.5. The molecule has 6 heteroatoms. The maximum atomic E-state index is 13.4. The van der Waals surface area contributed by atoms with Crippen LogP contribution in [0.1, 0.15) is 18.1 Å². The third-order valence-electron chi connectivity index (χ3n) is 6.20. The van der Waals surface area contributed by atoms with Gasteiger partial charge in [-0.15, -0.1) is 0 Å². The van der Waals surface area contributed by atoms with Crippen LogP contribution in [-0.4, -0.2) is 59.4 Å². The Balaban J connectivity index is 1.60. The van der Waals surface area contributed by atoms with E-state index in [1.54, 1.807) is 18.2 Å². The Kier molecular flexibility index (Phi) is 7.03. The van der Waals surface area contributed by atoms with Crippen LogP contribution in [0.15, 0.2) is 73.1 Å². The second kappa shape index (κ2) is 10.3. The molecule has 33 heavy (non-hydrogen) atoms. The predicted octanol–water partition coefficient (Wildman–Crippen LogP) is 3.60. The average Bonchev–Trinajstić information content (AvgIpc) is 2.86. The van der Waals surface area contributed by atoms with E-state index in [9.17, 15) is 9.59 Å². The van der Waals surface area contributed by atoms with Crippen LogP contribution in [0.25, 0.3) is 11.1 Å². The fourth-order valence-electron chi connectivity index (χ4n) is 4.38. The zero-order chi connectivity index (χ0) is 23.2. The lowest BCUT2D eigenvalue weighted by Crippen LogP contribution is -2.59. The maximum absolute atomic E-state index is 13.4. The van der Waals surface area contributed by atoms with E-state index in [1.165, 1.54) is 0 Å². The molecule has 2 heterocycles. The number of amides is 2. The Hall–Kier alpha value is -3.67. The molecule has 0 N–H and O–H groups in total. The van der Waals surface area contributed by atoms with Gasteiger partial charge in [-0.25, -0.2) is 0 Å². The zero-order valence-corrected chi connectivity index (χ0v) is 19.1. The number of methoxy groups -OCH3 is 1. The van der Waals surface area contributed by atoms with E-state index >= 15 is 0 Å². The molecular weight excluding hydrogens is 414 g/mol. The summed E-state index contributed by atoms with van der Waals surface area (Å²) < 4.78 is 5.21. The number of nitrogens with zero attached hydrogens (tertiary/aromatic N) is 3. The number of hydrogen-bond acceptors (Lipinski definition) is 4. The van der Waals surface area contributed by atoms with Crippen LogP contribution in [0.3, 0.4) is 0 Å². The number of pyridine rings is 1. The van der Waals surface area contributed by atoms with Crippen molar-refractivity contribution in [1.82, 2.24) is 14.8 Å². The van der Waals surface area contributed by atoms with E-state index in [1.807, 2.05) is 78.7 Å². The number of benzene rings is 2. The highest BCUT2D eigenvalue weighted by molar-refractivity contribution is 5.90. The second-order valence-electron chi connectivity index (χ2n) is 8.15. The predicted molar refractivity (Wildman–Crippen MR) is 128 cm³/mol. The summed E-state index contributed by atoms with van der Waals surface area (Å²) in [6, 6.07) is 18.9. The van der Waals surface area contributed by atoms with E-state index in [0.29, 0.717) is 26.1 Å². The summed E-state index contributed by atoms with van der Waals surface area (Å²) in [6.07, 6.45) is 4.29. The molecule has 4 rings (SSSR count). The molecule has 0 aliphatic carbocycles. The molecule has 0 radical (unpaired) electrons. The van der Waals surface area contributed by atoms with Gasteiger partial charge in [0.05, 0.1) is 13.5 Å². The molecule has 0 spiro atoms. The number of rotatable bonds is 7. The van der Waals surface area contributed by atoms with Gasteiger partial charge in [0.2, 0.25) is 11.8 Å². The number of hydrogen-bond donors (Lipinski definition) is 0. The van der Waals surface area contributed by atoms with Crippen molar-refractivity contribution in [3.63, 3.8) is 0 Å². The normalized spacial score (nSPS) is 16.1. The molecular formula is C27H29N3O3. The van der Waals surface area contributed by atoms with Crippen molar-refractivity contribution >= 4 is 11.8 Å². The van der Waals surface area contributed by atoms with Crippen molar-refractivity contribution in [1.29, 1.82) is 0 Å². The van der Waals surface area contributed by atoms with Crippen LogP contribution in [0.2, 0.25) is 0 Å². The number of carbonyl (C=O) groups is 2. The van der Waals surface area contributed by atoms with Crippen molar-refractivity contribution in [2.24, 2.45) is 0 Å². The van der Waals surface area contributed by atoms with Gasteiger partial charge in [0, 0.05) is 44.0 Å². The number of likely N-dealkylation sites (N-methyl/N-ethyl adjacent to an activating group) is 1. The molecule has 1 aromatic heterocycles. The minimum atomic E-state index is -0.526. The molecule has 6 nitrogen and oxygen atoms in total. The standard InChI is InChI=1S/C27H29N3O3/c1-3-29-15-16-30(26(31)17-20-10-12-23(33-2)13-11-20)25(27(29)32)18-21-7-4-5-9-24(21)22-8-6-14-28-19-22/h4-14,19,25H,3,15-18H2,1-2H3/t25-/m1/s1. The lowest BCUT2D eigenvalue weighted by Gasteiger charge is -2.40. The van der Waals surface area contributed by atoms with Gasteiger partial charge in [0.1, 0.15) is 11.8 Å². The van der Waals surface area contributed by atoms with Gasteiger partial charge in [-0.05, 0) is 41.8 Å². The summed E-state index contributed by atoms with van der Waals surface area (Å²) in [6.45, 7) is 3.71. The number of ether oxygens (including phenoxy) is 1. The third kappa shape index (κ3) is 5.06. The van der Waals surface area contributed by atoms with Gasteiger partial charge in [0.15, 0.2) is 0 Å². The largest absolute Gasteiger partial charge is 0.497 e. The Morgan fingerprint density at radius 2 is 1.85 bits per heavy atom. The zero-order valence-electron chi connectivity index (χ0n) is 19.1. The van der Waals surface area contributed by atoms with Gasteiger partial charge >= 0.3 is 0 Å². The number of carbonyl (C=O) groups excluding carboxylic acids is 2. The second-order valence-corrected chi connectivity index (χ2v) is 8.15. The Labute approximate surface area is 194 Å². The highest BCUT2D eigenvalue weighted by Crippen LogP contribution is 2.27. The Morgan fingerprint density at radius 3 is 2.55 bits per heavy atom. The molecule has 1 saturated heterocycles. The van der Waals surface area contributed by atoms with E-state index in [4.69, 9.17) is 4.74 Å². The summed E-state index contributed by atoms with van der Waals surface area (Å²) in [7, 11) is 1.62. The van der Waals surface area contributed by atoms with Crippen molar-refractivity contribution in [3.05, 3.63) is 84.2 Å². The van der Waals surface area contributed by atoms with Gasteiger partial charge in [-0.3, -0.25) is 14.6 Å². The van der Waals surface area contributed by atoms with Gasteiger partial charge in [-0.1, -0.05) is 42.5 Å². The van der Waals surface area contributed by atoms with Crippen LogP contribution >= 0.6 is 0 Å². The summed E-state index contributed by atoms with van der Waals surface area (Å²) in [4.78, 5) is 34.5. The van der Waals surface area contributed by atoms with Gasteiger partial charge in [0.25, 0.3) is 0 Å². The molecule has 3 aromatic rings. The van der Waals surface area contributed by atoms with E-state index in [-0.39, 0.29) is 18.2 Å². The molecule has 1 aliphatic rings. The van der Waals surface area contributed by atoms with E-state index < -0.39 is 6.04 Å². The smallest absolute Gasteiger partial charge is 0.245 e. The first-order valence-electron chi connectivity index (χ1n) is 11.3. The fourth-order valence-corrected chi connectivity index (χ4v) is 4.38. The maximum Gasteiger partial charge on any atom is 0.245 e. The molecule has 1 fully saturated rings. The third-order valence-corrected chi connectivity index (χ3v) is 6.20.